The number of benzene rings is 3. The molecule has 2 nitrogen and oxygen atoms in total. The van der Waals surface area contributed by atoms with Gasteiger partial charge in [-0.1, -0.05) is 84.3 Å². The maximum Gasteiger partial charge on any atom is 0.178 e. The van der Waals surface area contributed by atoms with Gasteiger partial charge in [-0.3, -0.25) is 0 Å². The summed E-state index contributed by atoms with van der Waals surface area (Å²) in [7, 11) is 0. The normalized spacial score (nSPS) is 17.9. The summed E-state index contributed by atoms with van der Waals surface area (Å²) in [6.07, 6.45) is 3.70. The summed E-state index contributed by atoms with van der Waals surface area (Å²) < 4.78 is 0.913. The van der Waals surface area contributed by atoms with Crippen LogP contribution < -0.4 is 0 Å². The molecule has 0 saturated carbocycles. The second kappa shape index (κ2) is 8.17. The lowest BCUT2D eigenvalue weighted by molar-refractivity contribution is -0.938. The minimum atomic E-state index is -1.25. The molecular weight excluding hydrogens is 402 g/mol. The van der Waals surface area contributed by atoms with E-state index in [0.29, 0.717) is 0 Å². The van der Waals surface area contributed by atoms with Crippen LogP contribution in [0.5, 0.6) is 0 Å². The lowest BCUT2D eigenvalue weighted by Gasteiger charge is -2.40. The molecule has 1 fully saturated rings. The van der Waals surface area contributed by atoms with Crippen molar-refractivity contribution in [3.63, 3.8) is 0 Å². The van der Waals surface area contributed by atoms with Crippen LogP contribution in [0.3, 0.4) is 0 Å². The molecule has 1 N–H and O–H groups in total. The van der Waals surface area contributed by atoms with E-state index in [-0.39, 0.29) is 0 Å². The lowest BCUT2D eigenvalue weighted by Crippen LogP contribution is -2.51. The monoisotopic (exact) mass is 428 g/mol. The molecule has 2 aliphatic rings. The van der Waals surface area contributed by atoms with Gasteiger partial charge in [0.1, 0.15) is 13.1 Å². The Labute approximate surface area is 189 Å². The van der Waals surface area contributed by atoms with Gasteiger partial charge < -0.3 is 9.59 Å². The maximum absolute atomic E-state index is 11.7. The summed E-state index contributed by atoms with van der Waals surface area (Å²) in [5, 5.41) is 12.6. The molecule has 0 atom stereocenters. The molecular formula is C28H27ClNO+. The summed E-state index contributed by atoms with van der Waals surface area (Å²) in [5.74, 6) is 6.73. The summed E-state index contributed by atoms with van der Waals surface area (Å²) >= 11 is 6.49. The number of rotatable bonds is 3. The quantitative estimate of drug-likeness (QED) is 0.415. The van der Waals surface area contributed by atoms with Gasteiger partial charge in [-0.05, 0) is 42.4 Å². The molecule has 1 heterocycles. The van der Waals surface area contributed by atoms with E-state index in [2.05, 4.69) is 36.1 Å². The fraction of sp³-hybridized carbons (Fsp3) is 0.286. The van der Waals surface area contributed by atoms with Crippen molar-refractivity contribution in [1.29, 1.82) is 0 Å². The van der Waals surface area contributed by atoms with Gasteiger partial charge >= 0.3 is 0 Å². The Balaban J connectivity index is 1.49. The number of piperidine rings is 1. The standard InChI is InChI=1S/C28H27ClNO/c29-27-16-7-2-11-22(27)21-30(18-8-1-9-19-30)20-10-17-28(31)25-14-5-3-12-23(25)24-13-4-6-15-26(24)28/h2-7,11-16,31H,1,8-9,18-21H2/q+1. The number of hydrogen-bond donors (Lipinski definition) is 1. The number of halogens is 1. The van der Waals surface area contributed by atoms with E-state index in [1.807, 2.05) is 48.5 Å². The zero-order chi connectivity index (χ0) is 21.3. The van der Waals surface area contributed by atoms with E-state index in [1.54, 1.807) is 0 Å². The van der Waals surface area contributed by atoms with Crippen molar-refractivity contribution in [2.24, 2.45) is 0 Å². The van der Waals surface area contributed by atoms with Crippen LogP contribution in [-0.4, -0.2) is 29.2 Å². The van der Waals surface area contributed by atoms with Crippen molar-refractivity contribution in [1.82, 2.24) is 0 Å². The van der Waals surface area contributed by atoms with Gasteiger partial charge in [0.2, 0.25) is 0 Å². The van der Waals surface area contributed by atoms with Crippen molar-refractivity contribution >= 4 is 11.6 Å². The van der Waals surface area contributed by atoms with Gasteiger partial charge in [0.25, 0.3) is 0 Å². The average molecular weight is 429 g/mol. The molecule has 0 amide bonds. The summed E-state index contributed by atoms with van der Waals surface area (Å²) in [6, 6.07) is 24.3. The van der Waals surface area contributed by atoms with Gasteiger partial charge in [-0.25, -0.2) is 0 Å². The number of hydrogen-bond acceptors (Lipinski definition) is 1. The molecule has 0 spiro atoms. The lowest BCUT2D eigenvalue weighted by atomic mass is 9.92. The highest BCUT2D eigenvalue weighted by molar-refractivity contribution is 6.31. The van der Waals surface area contributed by atoms with Gasteiger partial charge in [0, 0.05) is 21.7 Å². The van der Waals surface area contributed by atoms with Crippen LogP contribution in [-0.2, 0) is 12.1 Å². The Bertz CT molecular complexity index is 1120. The molecule has 1 aliphatic carbocycles. The van der Waals surface area contributed by atoms with E-state index in [1.165, 1.54) is 24.8 Å². The largest absolute Gasteiger partial charge is 0.369 e. The van der Waals surface area contributed by atoms with Crippen LogP contribution >= 0.6 is 11.6 Å². The van der Waals surface area contributed by atoms with E-state index < -0.39 is 5.60 Å². The molecule has 156 valence electrons. The van der Waals surface area contributed by atoms with Gasteiger partial charge in [0.05, 0.1) is 13.1 Å². The van der Waals surface area contributed by atoms with E-state index in [9.17, 15) is 5.11 Å². The summed E-state index contributed by atoms with van der Waals surface area (Å²) in [4.78, 5) is 0. The molecule has 3 heteroatoms. The van der Waals surface area contributed by atoms with Crippen molar-refractivity contribution < 1.29 is 9.59 Å². The van der Waals surface area contributed by atoms with E-state index >= 15 is 0 Å². The Hall–Kier alpha value is -2.57. The highest BCUT2D eigenvalue weighted by Crippen LogP contribution is 2.46. The van der Waals surface area contributed by atoms with Crippen molar-refractivity contribution in [3.05, 3.63) is 94.5 Å². The highest BCUT2D eigenvalue weighted by Gasteiger charge is 2.40. The van der Waals surface area contributed by atoms with Crippen LogP contribution in [0.25, 0.3) is 11.1 Å². The predicted molar refractivity (Wildman–Crippen MR) is 127 cm³/mol. The molecule has 3 aromatic rings. The third kappa shape index (κ3) is 3.68. The minimum Gasteiger partial charge on any atom is -0.369 e. The molecule has 3 aromatic carbocycles. The fourth-order valence-corrected chi connectivity index (χ4v) is 5.42. The highest BCUT2D eigenvalue weighted by atomic mass is 35.5. The topological polar surface area (TPSA) is 20.2 Å². The summed E-state index contributed by atoms with van der Waals surface area (Å²) in [5.41, 5.74) is 3.86. The van der Waals surface area contributed by atoms with Crippen LogP contribution in [0, 0.1) is 11.8 Å². The Morgan fingerprint density at radius 3 is 2.03 bits per heavy atom. The van der Waals surface area contributed by atoms with Gasteiger partial charge in [-0.15, -0.1) is 0 Å². The van der Waals surface area contributed by atoms with Crippen LogP contribution in [0.1, 0.15) is 36.0 Å². The molecule has 1 saturated heterocycles. The number of aliphatic hydroxyl groups is 1. The fourth-order valence-electron chi connectivity index (χ4n) is 5.22. The second-order valence-electron chi connectivity index (χ2n) is 8.86. The first-order chi connectivity index (χ1) is 15.1. The van der Waals surface area contributed by atoms with E-state index in [4.69, 9.17) is 11.6 Å². The molecule has 0 unspecified atom stereocenters. The second-order valence-corrected chi connectivity index (χ2v) is 9.27. The van der Waals surface area contributed by atoms with Crippen molar-refractivity contribution in [2.45, 2.75) is 31.4 Å². The zero-order valence-corrected chi connectivity index (χ0v) is 18.4. The first kappa shape index (κ1) is 20.3. The van der Waals surface area contributed by atoms with E-state index in [0.717, 1.165) is 57.9 Å². The third-order valence-electron chi connectivity index (χ3n) is 6.84. The molecule has 0 aromatic heterocycles. The number of quaternary nitrogens is 1. The number of likely N-dealkylation sites (tertiary alicyclic amines) is 1. The number of nitrogens with zero attached hydrogens (tertiary/aromatic N) is 1. The Morgan fingerprint density at radius 2 is 1.39 bits per heavy atom. The van der Waals surface area contributed by atoms with Crippen LogP contribution in [0.15, 0.2) is 72.8 Å². The van der Waals surface area contributed by atoms with Crippen molar-refractivity contribution in [2.75, 3.05) is 19.6 Å². The summed E-state index contributed by atoms with van der Waals surface area (Å²) in [6.45, 7) is 3.81. The third-order valence-corrected chi connectivity index (χ3v) is 7.20. The first-order valence-corrected chi connectivity index (χ1v) is 11.5. The number of fused-ring (bicyclic) bond motifs is 3. The molecule has 0 radical (unpaired) electrons. The van der Waals surface area contributed by atoms with Crippen LogP contribution in [0.4, 0.5) is 0 Å². The molecule has 31 heavy (non-hydrogen) atoms. The van der Waals surface area contributed by atoms with Crippen LogP contribution in [0.2, 0.25) is 5.02 Å². The average Bonchev–Trinajstić information content (AvgIpc) is 3.05. The molecule has 1 aliphatic heterocycles. The SMILES string of the molecule is OC1(C#CC[N+]2(Cc3ccccc3Cl)CCCCC2)c2ccccc2-c2ccccc21. The van der Waals surface area contributed by atoms with Crippen molar-refractivity contribution in [3.8, 4) is 23.0 Å². The Morgan fingerprint density at radius 1 is 0.806 bits per heavy atom. The Kier molecular flexibility index (Phi) is 5.36. The zero-order valence-electron chi connectivity index (χ0n) is 17.7. The predicted octanol–water partition coefficient (Wildman–Crippen LogP) is 5.76. The first-order valence-electron chi connectivity index (χ1n) is 11.1. The van der Waals surface area contributed by atoms with Gasteiger partial charge in [-0.2, -0.15) is 0 Å². The minimum absolute atomic E-state index is 0.720. The molecule has 0 bridgehead atoms. The van der Waals surface area contributed by atoms with Gasteiger partial charge in [0.15, 0.2) is 5.60 Å². The molecule has 5 rings (SSSR count). The maximum atomic E-state index is 11.7. The smallest absolute Gasteiger partial charge is 0.178 e.